The molecule has 9 heteroatoms. The molecule has 45 heavy (non-hydrogen) atoms. The first kappa shape index (κ1) is 42.0. The Bertz CT molecular complexity index is 721. The molecule has 6 N–H and O–H groups in total. The summed E-state index contributed by atoms with van der Waals surface area (Å²) in [5, 5.41) is 53.7. The molecule has 9 nitrogen and oxygen atoms in total. The summed E-state index contributed by atoms with van der Waals surface area (Å²) in [6, 6.07) is -0.794. The number of carbonyl (C=O) groups is 1. The monoisotopic (exact) mass is 644 g/mol. The second kappa shape index (κ2) is 28.0. The van der Waals surface area contributed by atoms with E-state index in [0.29, 0.717) is 6.42 Å². The maximum Gasteiger partial charge on any atom is 0.220 e. The highest BCUT2D eigenvalue weighted by molar-refractivity contribution is 5.76. The van der Waals surface area contributed by atoms with Crippen LogP contribution in [-0.4, -0.2) is 87.5 Å². The molecule has 1 aliphatic heterocycles. The van der Waals surface area contributed by atoms with Crippen molar-refractivity contribution < 1.29 is 39.8 Å². The molecule has 1 rings (SSSR count). The number of hydrogen-bond donors (Lipinski definition) is 6. The number of aliphatic hydroxyl groups is 5. The van der Waals surface area contributed by atoms with Crippen LogP contribution in [0.2, 0.25) is 0 Å². The van der Waals surface area contributed by atoms with Gasteiger partial charge in [0.25, 0.3) is 0 Å². The molecular formula is C36H69NO8. The number of amides is 1. The molecule has 1 saturated heterocycles. The van der Waals surface area contributed by atoms with Crippen molar-refractivity contribution in [3.63, 3.8) is 0 Å². The average molecular weight is 644 g/mol. The standard InChI is InChI=1S/C36H69NO8/c1-3-5-7-9-11-12-13-14-15-16-17-18-20-21-23-25-30(39)29(37-32(40)26-24-22-19-10-8-6-4-2)28-44-36-35(43)34(42)33(41)31(27-38)45-36/h23,25,29-31,33-36,38-39,41-43H,3-22,24,26-28H2,1-2H3,(H,37,40)/b25-23+/t29-,30+,31+,33-,34?,35?,36+/m0/s1. The number of rotatable bonds is 29. The molecule has 1 heterocycles. The Morgan fingerprint density at radius 1 is 0.733 bits per heavy atom. The van der Waals surface area contributed by atoms with Crippen LogP contribution in [0.5, 0.6) is 0 Å². The van der Waals surface area contributed by atoms with Gasteiger partial charge in [-0.15, -0.1) is 0 Å². The van der Waals surface area contributed by atoms with E-state index in [9.17, 15) is 30.3 Å². The lowest BCUT2D eigenvalue weighted by Gasteiger charge is -2.40. The molecule has 1 amide bonds. The summed E-state index contributed by atoms with van der Waals surface area (Å²) in [5.74, 6) is -0.185. The number of unbranched alkanes of at least 4 members (excludes halogenated alkanes) is 19. The van der Waals surface area contributed by atoms with E-state index >= 15 is 0 Å². The van der Waals surface area contributed by atoms with Crippen molar-refractivity contribution >= 4 is 5.91 Å². The fourth-order valence-corrected chi connectivity index (χ4v) is 5.80. The van der Waals surface area contributed by atoms with Crippen molar-refractivity contribution in [3.05, 3.63) is 12.2 Å². The number of ether oxygens (including phenoxy) is 2. The Morgan fingerprint density at radius 2 is 1.22 bits per heavy atom. The number of aliphatic hydroxyl groups excluding tert-OH is 5. The van der Waals surface area contributed by atoms with Crippen molar-refractivity contribution in [1.29, 1.82) is 0 Å². The van der Waals surface area contributed by atoms with Crippen molar-refractivity contribution in [2.75, 3.05) is 13.2 Å². The average Bonchev–Trinajstić information content (AvgIpc) is 3.03. The first-order valence-corrected chi connectivity index (χ1v) is 18.4. The zero-order valence-corrected chi connectivity index (χ0v) is 28.6. The molecule has 0 spiro atoms. The van der Waals surface area contributed by atoms with E-state index in [-0.39, 0.29) is 12.5 Å². The van der Waals surface area contributed by atoms with E-state index in [2.05, 4.69) is 19.2 Å². The number of carbonyl (C=O) groups excluding carboxylic acids is 1. The first-order valence-electron chi connectivity index (χ1n) is 18.4. The van der Waals surface area contributed by atoms with E-state index < -0.39 is 49.5 Å². The van der Waals surface area contributed by atoms with Crippen LogP contribution >= 0.6 is 0 Å². The maximum absolute atomic E-state index is 12.7. The second-order valence-electron chi connectivity index (χ2n) is 13.0. The summed E-state index contributed by atoms with van der Waals surface area (Å²) >= 11 is 0. The zero-order chi connectivity index (χ0) is 33.1. The largest absolute Gasteiger partial charge is 0.394 e. The van der Waals surface area contributed by atoms with Gasteiger partial charge in [0.05, 0.1) is 25.4 Å². The fraction of sp³-hybridized carbons (Fsp3) is 0.917. The van der Waals surface area contributed by atoms with E-state index in [1.165, 1.54) is 96.3 Å². The second-order valence-corrected chi connectivity index (χ2v) is 13.0. The predicted octanol–water partition coefficient (Wildman–Crippen LogP) is 5.83. The Hall–Kier alpha value is -1.07. The van der Waals surface area contributed by atoms with Crippen LogP contribution in [0.25, 0.3) is 0 Å². The van der Waals surface area contributed by atoms with Gasteiger partial charge >= 0.3 is 0 Å². The summed E-state index contributed by atoms with van der Waals surface area (Å²) in [7, 11) is 0. The smallest absolute Gasteiger partial charge is 0.220 e. The topological polar surface area (TPSA) is 149 Å². The highest BCUT2D eigenvalue weighted by atomic mass is 16.7. The molecule has 0 radical (unpaired) electrons. The molecular weight excluding hydrogens is 574 g/mol. The maximum atomic E-state index is 12.7. The third-order valence-corrected chi connectivity index (χ3v) is 8.86. The number of hydrogen-bond acceptors (Lipinski definition) is 8. The van der Waals surface area contributed by atoms with Gasteiger partial charge in [-0.3, -0.25) is 4.79 Å². The van der Waals surface area contributed by atoms with Crippen molar-refractivity contribution in [2.45, 2.75) is 198 Å². The lowest BCUT2D eigenvalue weighted by molar-refractivity contribution is -0.302. The van der Waals surface area contributed by atoms with E-state index in [1.54, 1.807) is 6.08 Å². The van der Waals surface area contributed by atoms with Crippen LogP contribution in [0, 0.1) is 0 Å². The normalized spacial score (nSPS) is 23.4. The van der Waals surface area contributed by atoms with Gasteiger partial charge in [0, 0.05) is 6.42 Å². The summed E-state index contributed by atoms with van der Waals surface area (Å²) in [4.78, 5) is 12.7. The predicted molar refractivity (Wildman–Crippen MR) is 180 cm³/mol. The molecule has 0 aromatic rings. The molecule has 7 atom stereocenters. The van der Waals surface area contributed by atoms with Crippen molar-refractivity contribution in [3.8, 4) is 0 Å². The van der Waals surface area contributed by atoms with E-state index in [0.717, 1.165) is 38.5 Å². The quantitative estimate of drug-likeness (QED) is 0.0441. The van der Waals surface area contributed by atoms with Gasteiger partial charge in [-0.05, 0) is 19.3 Å². The minimum absolute atomic E-state index is 0.185. The molecule has 2 unspecified atom stereocenters. The summed E-state index contributed by atoms with van der Waals surface area (Å²) < 4.78 is 11.1. The lowest BCUT2D eigenvalue weighted by atomic mass is 9.99. The molecule has 1 fully saturated rings. The molecule has 266 valence electrons. The van der Waals surface area contributed by atoms with Gasteiger partial charge in [0.2, 0.25) is 5.91 Å². The van der Waals surface area contributed by atoms with Crippen LogP contribution in [0.3, 0.4) is 0 Å². The van der Waals surface area contributed by atoms with Crippen molar-refractivity contribution in [1.82, 2.24) is 5.32 Å². The Morgan fingerprint density at radius 3 is 1.73 bits per heavy atom. The summed E-state index contributed by atoms with van der Waals surface area (Å²) in [6.45, 7) is 3.69. The minimum atomic E-state index is -1.56. The van der Waals surface area contributed by atoms with Crippen LogP contribution < -0.4 is 5.32 Å². The summed E-state index contributed by atoms with van der Waals surface area (Å²) in [5.41, 5.74) is 0. The Balaban J connectivity index is 2.45. The molecule has 0 bridgehead atoms. The highest BCUT2D eigenvalue weighted by Gasteiger charge is 2.44. The molecule has 0 aromatic carbocycles. The van der Waals surface area contributed by atoms with Gasteiger partial charge in [-0.1, -0.05) is 142 Å². The minimum Gasteiger partial charge on any atom is -0.394 e. The third kappa shape index (κ3) is 20.0. The van der Waals surface area contributed by atoms with Gasteiger partial charge in [-0.2, -0.15) is 0 Å². The first-order chi connectivity index (χ1) is 21.8. The van der Waals surface area contributed by atoms with Crippen molar-refractivity contribution in [2.24, 2.45) is 0 Å². The molecule has 0 aromatic heterocycles. The Labute approximate surface area is 274 Å². The van der Waals surface area contributed by atoms with Gasteiger partial charge in [0.15, 0.2) is 6.29 Å². The Kier molecular flexibility index (Phi) is 26.1. The van der Waals surface area contributed by atoms with Crippen LogP contribution in [0.4, 0.5) is 0 Å². The molecule has 0 saturated carbocycles. The van der Waals surface area contributed by atoms with Crippen LogP contribution in [0.15, 0.2) is 12.2 Å². The third-order valence-electron chi connectivity index (χ3n) is 8.86. The van der Waals surface area contributed by atoms with Gasteiger partial charge < -0.3 is 40.3 Å². The zero-order valence-electron chi connectivity index (χ0n) is 28.6. The fourth-order valence-electron chi connectivity index (χ4n) is 5.80. The van der Waals surface area contributed by atoms with E-state index in [1.807, 2.05) is 6.08 Å². The molecule has 1 aliphatic rings. The van der Waals surface area contributed by atoms with Gasteiger partial charge in [-0.25, -0.2) is 0 Å². The number of nitrogens with one attached hydrogen (secondary N) is 1. The van der Waals surface area contributed by atoms with E-state index in [4.69, 9.17) is 9.47 Å². The summed E-state index contributed by atoms with van der Waals surface area (Å²) in [6.07, 6.45) is 21.3. The molecule has 0 aliphatic carbocycles. The highest BCUT2D eigenvalue weighted by Crippen LogP contribution is 2.22. The lowest BCUT2D eigenvalue weighted by Crippen LogP contribution is -2.60. The van der Waals surface area contributed by atoms with Crippen LogP contribution in [0.1, 0.15) is 155 Å². The number of allylic oxidation sites excluding steroid dienone is 1. The SMILES string of the molecule is CCCCCCCCCCCCCCC/C=C/[C@@H](O)[C@H](CO[C@@H]1O[C@H](CO)[C@H](O)C(O)C1O)NC(=O)CCCCCCCCC. The van der Waals surface area contributed by atoms with Crippen LogP contribution in [-0.2, 0) is 14.3 Å². The van der Waals surface area contributed by atoms with Gasteiger partial charge in [0.1, 0.15) is 24.4 Å².